The number of rotatable bonds is 5. The Morgan fingerprint density at radius 1 is 1.00 bits per heavy atom. The first-order valence-electron chi connectivity index (χ1n) is 5.26. The van der Waals surface area contributed by atoms with Gasteiger partial charge in [0.25, 0.3) is 0 Å². The van der Waals surface area contributed by atoms with Crippen LogP contribution >= 0.6 is 0 Å². The number of unbranched alkanes of at least 4 members (excludes halogenated alkanes) is 2. The molecule has 0 atom stereocenters. The fourth-order valence-corrected chi connectivity index (χ4v) is 1.41. The zero-order valence-electron chi connectivity index (χ0n) is 8.72. The van der Waals surface area contributed by atoms with Crippen molar-refractivity contribution in [2.24, 2.45) is 0 Å². The van der Waals surface area contributed by atoms with Gasteiger partial charge in [0.05, 0.1) is 0 Å². The van der Waals surface area contributed by atoms with Gasteiger partial charge in [-0.25, -0.2) is 0 Å². The monoisotopic (exact) mass is 175 g/mol. The molecule has 0 heteroatoms. The predicted octanol–water partition coefficient (Wildman–Crippen LogP) is 3.80. The van der Waals surface area contributed by atoms with Gasteiger partial charge in [0.15, 0.2) is 0 Å². The molecular weight excluding hydrogens is 156 g/mol. The Kier molecular flexibility index (Phi) is 4.59. The lowest BCUT2D eigenvalue weighted by atomic mass is 10.0. The van der Waals surface area contributed by atoms with Crippen LogP contribution in [-0.2, 0) is 12.8 Å². The fraction of sp³-hybridized carbons (Fsp3) is 0.462. The van der Waals surface area contributed by atoms with E-state index < -0.39 is 0 Å². The molecule has 0 spiro atoms. The quantitative estimate of drug-likeness (QED) is 0.597. The molecule has 1 aromatic rings. The molecule has 0 heterocycles. The largest absolute Gasteiger partial charge is 0.0651 e. The Morgan fingerprint density at radius 3 is 2.15 bits per heavy atom. The van der Waals surface area contributed by atoms with Gasteiger partial charge in [-0.05, 0) is 36.8 Å². The Morgan fingerprint density at radius 2 is 1.62 bits per heavy atom. The molecule has 71 valence electrons. The van der Waals surface area contributed by atoms with E-state index in [-0.39, 0.29) is 0 Å². The second kappa shape index (κ2) is 5.80. The highest BCUT2D eigenvalue weighted by Gasteiger charge is 1.93. The Labute approximate surface area is 82.0 Å². The van der Waals surface area contributed by atoms with Crippen LogP contribution in [0.4, 0.5) is 0 Å². The van der Waals surface area contributed by atoms with E-state index in [1.54, 1.807) is 0 Å². The van der Waals surface area contributed by atoms with Crippen molar-refractivity contribution in [3.8, 4) is 0 Å². The van der Waals surface area contributed by atoms with Gasteiger partial charge in [-0.1, -0.05) is 44.5 Å². The summed E-state index contributed by atoms with van der Waals surface area (Å²) < 4.78 is 0. The van der Waals surface area contributed by atoms with E-state index in [4.69, 9.17) is 0 Å². The minimum atomic E-state index is 1.14. The van der Waals surface area contributed by atoms with Gasteiger partial charge in [-0.2, -0.15) is 0 Å². The van der Waals surface area contributed by atoms with Crippen molar-refractivity contribution in [3.63, 3.8) is 0 Å². The standard InChI is InChI=1S/C13H19/c1-3-5-6-7-13-10-8-12(4-2)9-11-13/h5,8-11H,3-4,6-7H2,1-2H3. The van der Waals surface area contributed by atoms with Gasteiger partial charge in [-0.15, -0.1) is 0 Å². The molecule has 1 rings (SSSR count). The SMILES string of the molecule is CC[CH]CCc1ccc(CC)cc1. The molecule has 0 aliphatic carbocycles. The maximum Gasteiger partial charge on any atom is -0.0276 e. The zero-order chi connectivity index (χ0) is 9.52. The summed E-state index contributed by atoms with van der Waals surface area (Å²) in [5.74, 6) is 0. The molecule has 1 radical (unpaired) electrons. The van der Waals surface area contributed by atoms with Crippen molar-refractivity contribution in [1.82, 2.24) is 0 Å². The number of benzene rings is 1. The van der Waals surface area contributed by atoms with E-state index in [0.717, 1.165) is 6.42 Å². The van der Waals surface area contributed by atoms with Gasteiger partial charge in [0.2, 0.25) is 0 Å². The van der Waals surface area contributed by atoms with E-state index in [1.807, 2.05) is 0 Å². The molecule has 0 aliphatic heterocycles. The smallest absolute Gasteiger partial charge is 0.0276 e. The molecule has 0 aliphatic rings. The topological polar surface area (TPSA) is 0 Å². The normalized spacial score (nSPS) is 10.3. The lowest BCUT2D eigenvalue weighted by Crippen LogP contribution is -1.87. The third kappa shape index (κ3) is 3.63. The average Bonchev–Trinajstić information content (AvgIpc) is 2.19. The molecule has 0 saturated carbocycles. The van der Waals surface area contributed by atoms with Crippen LogP contribution in [0.1, 0.15) is 37.8 Å². The second-order valence-corrected chi connectivity index (χ2v) is 3.41. The molecule has 0 unspecified atom stereocenters. The van der Waals surface area contributed by atoms with Crippen LogP contribution in [0.15, 0.2) is 24.3 Å². The molecule has 0 aromatic heterocycles. The van der Waals surface area contributed by atoms with Crippen LogP contribution in [0.2, 0.25) is 0 Å². The molecule has 13 heavy (non-hydrogen) atoms. The minimum absolute atomic E-state index is 1.14. The summed E-state index contributed by atoms with van der Waals surface area (Å²) in [5, 5.41) is 0. The third-order valence-electron chi connectivity index (χ3n) is 2.36. The van der Waals surface area contributed by atoms with E-state index in [2.05, 4.69) is 44.5 Å². The molecule has 0 saturated heterocycles. The Bertz CT molecular complexity index is 220. The van der Waals surface area contributed by atoms with Crippen LogP contribution in [0.25, 0.3) is 0 Å². The fourth-order valence-electron chi connectivity index (χ4n) is 1.41. The highest BCUT2D eigenvalue weighted by molar-refractivity contribution is 5.22. The minimum Gasteiger partial charge on any atom is -0.0651 e. The Balaban J connectivity index is 2.40. The maximum absolute atomic E-state index is 2.34. The molecule has 0 fully saturated rings. The predicted molar refractivity (Wildman–Crippen MR) is 58.7 cm³/mol. The summed E-state index contributed by atoms with van der Waals surface area (Å²) >= 11 is 0. The first-order chi connectivity index (χ1) is 6.36. The lowest BCUT2D eigenvalue weighted by Gasteiger charge is -2.01. The summed E-state index contributed by atoms with van der Waals surface area (Å²) in [5.41, 5.74) is 2.89. The number of hydrogen-bond acceptors (Lipinski definition) is 0. The summed E-state index contributed by atoms with van der Waals surface area (Å²) in [6.07, 6.45) is 7.07. The van der Waals surface area contributed by atoms with Crippen molar-refractivity contribution in [1.29, 1.82) is 0 Å². The van der Waals surface area contributed by atoms with Crippen molar-refractivity contribution in [2.75, 3.05) is 0 Å². The lowest BCUT2D eigenvalue weighted by molar-refractivity contribution is 0.877. The molecule has 0 N–H and O–H groups in total. The van der Waals surface area contributed by atoms with Crippen LogP contribution in [0, 0.1) is 6.42 Å². The summed E-state index contributed by atoms with van der Waals surface area (Å²) in [6, 6.07) is 8.98. The molecule has 1 aromatic carbocycles. The molecule has 0 bridgehead atoms. The highest BCUT2D eigenvalue weighted by Crippen LogP contribution is 2.08. The summed E-state index contributed by atoms with van der Waals surface area (Å²) in [6.45, 7) is 4.39. The molecule has 0 amide bonds. The van der Waals surface area contributed by atoms with E-state index >= 15 is 0 Å². The van der Waals surface area contributed by atoms with Gasteiger partial charge in [0, 0.05) is 0 Å². The van der Waals surface area contributed by atoms with Crippen LogP contribution in [-0.4, -0.2) is 0 Å². The average molecular weight is 175 g/mol. The van der Waals surface area contributed by atoms with Gasteiger partial charge >= 0.3 is 0 Å². The Hall–Kier alpha value is -0.780. The van der Waals surface area contributed by atoms with Gasteiger partial charge < -0.3 is 0 Å². The van der Waals surface area contributed by atoms with E-state index in [0.29, 0.717) is 0 Å². The third-order valence-corrected chi connectivity index (χ3v) is 2.36. The number of hydrogen-bond donors (Lipinski definition) is 0. The van der Waals surface area contributed by atoms with Crippen molar-refractivity contribution < 1.29 is 0 Å². The van der Waals surface area contributed by atoms with Crippen molar-refractivity contribution in [3.05, 3.63) is 41.8 Å². The first kappa shape index (κ1) is 10.3. The summed E-state index contributed by atoms with van der Waals surface area (Å²) in [7, 11) is 0. The van der Waals surface area contributed by atoms with Crippen molar-refractivity contribution in [2.45, 2.75) is 39.5 Å². The van der Waals surface area contributed by atoms with Crippen LogP contribution in [0.5, 0.6) is 0 Å². The van der Waals surface area contributed by atoms with E-state index in [9.17, 15) is 0 Å². The molecule has 0 nitrogen and oxygen atoms in total. The second-order valence-electron chi connectivity index (χ2n) is 3.41. The maximum atomic E-state index is 2.34. The number of aryl methyl sites for hydroxylation is 2. The van der Waals surface area contributed by atoms with Gasteiger partial charge in [0.1, 0.15) is 0 Å². The zero-order valence-corrected chi connectivity index (χ0v) is 8.72. The van der Waals surface area contributed by atoms with Gasteiger partial charge in [-0.3, -0.25) is 0 Å². The van der Waals surface area contributed by atoms with Crippen LogP contribution < -0.4 is 0 Å². The van der Waals surface area contributed by atoms with Crippen molar-refractivity contribution >= 4 is 0 Å². The van der Waals surface area contributed by atoms with E-state index in [1.165, 1.54) is 30.4 Å². The summed E-state index contributed by atoms with van der Waals surface area (Å²) in [4.78, 5) is 0. The van der Waals surface area contributed by atoms with Crippen LogP contribution in [0.3, 0.4) is 0 Å². The molecular formula is C13H19. The first-order valence-corrected chi connectivity index (χ1v) is 5.26. The highest BCUT2D eigenvalue weighted by atomic mass is 14.0.